The summed E-state index contributed by atoms with van der Waals surface area (Å²) in [4.78, 5) is 0. The van der Waals surface area contributed by atoms with Crippen molar-refractivity contribution in [1.82, 2.24) is 0 Å². The maximum absolute atomic E-state index is 12.3. The Morgan fingerprint density at radius 1 is 1.10 bits per heavy atom. The summed E-state index contributed by atoms with van der Waals surface area (Å²) in [6, 6.07) is 13.2. The first-order valence-corrected chi connectivity index (χ1v) is 6.22. The summed E-state index contributed by atoms with van der Waals surface area (Å²) in [5, 5.41) is 11.1. The molecule has 0 unspecified atom stereocenters. The SMILES string of the molecule is C[C@H](OCc1ccc2ccccc2c1)[C@H](O)C(F)(F)F. The summed E-state index contributed by atoms with van der Waals surface area (Å²) in [6.07, 6.45) is -8.44. The fourth-order valence-electron chi connectivity index (χ4n) is 1.91. The van der Waals surface area contributed by atoms with Crippen molar-refractivity contribution >= 4 is 10.8 Å². The molecule has 20 heavy (non-hydrogen) atoms. The second-order valence-electron chi connectivity index (χ2n) is 4.68. The van der Waals surface area contributed by atoms with Crippen LogP contribution in [-0.4, -0.2) is 23.5 Å². The molecule has 108 valence electrons. The Balaban J connectivity index is 2.02. The number of alkyl halides is 3. The largest absolute Gasteiger partial charge is 0.416 e. The van der Waals surface area contributed by atoms with Crippen LogP contribution in [0.3, 0.4) is 0 Å². The van der Waals surface area contributed by atoms with Crippen LogP contribution >= 0.6 is 0 Å². The van der Waals surface area contributed by atoms with Crippen molar-refractivity contribution in [3.63, 3.8) is 0 Å². The van der Waals surface area contributed by atoms with Gasteiger partial charge in [-0.15, -0.1) is 0 Å². The molecule has 0 saturated heterocycles. The molecule has 5 heteroatoms. The lowest BCUT2D eigenvalue weighted by Gasteiger charge is -2.21. The van der Waals surface area contributed by atoms with Gasteiger partial charge in [0.1, 0.15) is 0 Å². The Hall–Kier alpha value is -1.59. The highest BCUT2D eigenvalue weighted by atomic mass is 19.4. The first kappa shape index (κ1) is 14.8. The third-order valence-corrected chi connectivity index (χ3v) is 3.11. The molecule has 0 bridgehead atoms. The van der Waals surface area contributed by atoms with Gasteiger partial charge in [0, 0.05) is 0 Å². The molecule has 0 aliphatic rings. The van der Waals surface area contributed by atoms with Crippen LogP contribution in [0.25, 0.3) is 10.8 Å². The molecule has 0 radical (unpaired) electrons. The number of hydrogen-bond donors (Lipinski definition) is 1. The molecule has 2 nitrogen and oxygen atoms in total. The maximum Gasteiger partial charge on any atom is 0.416 e. The number of halogens is 3. The van der Waals surface area contributed by atoms with Gasteiger partial charge in [-0.2, -0.15) is 13.2 Å². The monoisotopic (exact) mass is 284 g/mol. The van der Waals surface area contributed by atoms with E-state index in [2.05, 4.69) is 0 Å². The predicted octanol–water partition coefficient (Wildman–Crippen LogP) is 3.67. The van der Waals surface area contributed by atoms with Crippen molar-refractivity contribution in [3.05, 3.63) is 48.0 Å². The quantitative estimate of drug-likeness (QED) is 0.928. The number of rotatable bonds is 4. The second-order valence-corrected chi connectivity index (χ2v) is 4.68. The van der Waals surface area contributed by atoms with Crippen LogP contribution in [0.4, 0.5) is 13.2 Å². The number of benzene rings is 2. The first-order valence-electron chi connectivity index (χ1n) is 6.22. The van der Waals surface area contributed by atoms with E-state index in [1.807, 2.05) is 36.4 Å². The van der Waals surface area contributed by atoms with E-state index in [4.69, 9.17) is 9.84 Å². The van der Waals surface area contributed by atoms with Gasteiger partial charge in [0.05, 0.1) is 12.7 Å². The molecule has 2 aromatic rings. The molecule has 0 heterocycles. The number of ether oxygens (including phenoxy) is 1. The number of fused-ring (bicyclic) bond motifs is 1. The maximum atomic E-state index is 12.3. The molecule has 0 fully saturated rings. The van der Waals surface area contributed by atoms with Crippen molar-refractivity contribution in [2.75, 3.05) is 0 Å². The van der Waals surface area contributed by atoms with Crippen molar-refractivity contribution < 1.29 is 23.0 Å². The fraction of sp³-hybridized carbons (Fsp3) is 0.333. The van der Waals surface area contributed by atoms with Crippen LogP contribution in [-0.2, 0) is 11.3 Å². The Morgan fingerprint density at radius 2 is 1.75 bits per heavy atom. The molecule has 0 aliphatic carbocycles. The van der Waals surface area contributed by atoms with Crippen molar-refractivity contribution in [1.29, 1.82) is 0 Å². The Labute approximate surface area is 114 Å². The number of aliphatic hydroxyl groups is 1. The van der Waals surface area contributed by atoms with E-state index in [1.165, 1.54) is 6.92 Å². The van der Waals surface area contributed by atoms with E-state index in [0.29, 0.717) is 0 Å². The van der Waals surface area contributed by atoms with Gasteiger partial charge in [-0.05, 0) is 29.3 Å². The molecular weight excluding hydrogens is 269 g/mol. The molecule has 0 spiro atoms. The summed E-state index contributed by atoms with van der Waals surface area (Å²) in [5.74, 6) is 0. The molecular formula is C15H15F3O2. The standard InChI is InChI=1S/C15H15F3O2/c1-10(14(19)15(16,17)18)20-9-11-6-7-12-4-2-3-5-13(12)8-11/h2-8,10,14,19H,9H2,1H3/t10-,14-/m0/s1. The summed E-state index contributed by atoms with van der Waals surface area (Å²) in [5.41, 5.74) is 0.768. The summed E-state index contributed by atoms with van der Waals surface area (Å²) < 4.78 is 42.0. The first-order chi connectivity index (χ1) is 9.38. The van der Waals surface area contributed by atoms with E-state index in [-0.39, 0.29) is 6.61 Å². The van der Waals surface area contributed by atoms with E-state index in [0.717, 1.165) is 16.3 Å². The van der Waals surface area contributed by atoms with Crippen molar-refractivity contribution in [3.8, 4) is 0 Å². The second kappa shape index (κ2) is 5.81. The summed E-state index contributed by atoms with van der Waals surface area (Å²) in [7, 11) is 0. The minimum atomic E-state index is -4.66. The highest BCUT2D eigenvalue weighted by Crippen LogP contribution is 2.24. The van der Waals surface area contributed by atoms with Gasteiger partial charge in [-0.25, -0.2) is 0 Å². The molecule has 0 saturated carbocycles. The third-order valence-electron chi connectivity index (χ3n) is 3.11. The zero-order valence-electron chi connectivity index (χ0n) is 10.9. The van der Waals surface area contributed by atoms with Crippen LogP contribution in [0.5, 0.6) is 0 Å². The van der Waals surface area contributed by atoms with Gasteiger partial charge in [0.2, 0.25) is 0 Å². The van der Waals surface area contributed by atoms with Gasteiger partial charge in [-0.1, -0.05) is 36.4 Å². The van der Waals surface area contributed by atoms with E-state index in [1.54, 1.807) is 6.07 Å². The Kier molecular flexibility index (Phi) is 4.30. The molecule has 2 atom stereocenters. The fourth-order valence-corrected chi connectivity index (χ4v) is 1.91. The van der Waals surface area contributed by atoms with Crippen LogP contribution in [0.2, 0.25) is 0 Å². The number of aliphatic hydroxyl groups excluding tert-OH is 1. The van der Waals surface area contributed by atoms with Gasteiger partial charge in [0.25, 0.3) is 0 Å². The average molecular weight is 284 g/mol. The Bertz CT molecular complexity index is 581. The zero-order valence-corrected chi connectivity index (χ0v) is 10.9. The highest BCUT2D eigenvalue weighted by Gasteiger charge is 2.42. The smallest absolute Gasteiger partial charge is 0.381 e. The normalized spacial score (nSPS) is 15.2. The lowest BCUT2D eigenvalue weighted by atomic mass is 10.1. The zero-order chi connectivity index (χ0) is 14.8. The van der Waals surface area contributed by atoms with E-state index < -0.39 is 18.4 Å². The lowest BCUT2D eigenvalue weighted by molar-refractivity contribution is -0.235. The van der Waals surface area contributed by atoms with Crippen molar-refractivity contribution in [2.45, 2.75) is 31.9 Å². The number of hydrogen-bond acceptors (Lipinski definition) is 2. The predicted molar refractivity (Wildman–Crippen MR) is 70.3 cm³/mol. The third kappa shape index (κ3) is 3.49. The van der Waals surface area contributed by atoms with Crippen LogP contribution in [0.15, 0.2) is 42.5 Å². The molecule has 0 aromatic heterocycles. The van der Waals surface area contributed by atoms with Gasteiger partial charge in [-0.3, -0.25) is 0 Å². The van der Waals surface area contributed by atoms with E-state index in [9.17, 15) is 13.2 Å². The summed E-state index contributed by atoms with van der Waals surface area (Å²) >= 11 is 0. The van der Waals surface area contributed by atoms with Gasteiger partial charge < -0.3 is 9.84 Å². The highest BCUT2D eigenvalue weighted by molar-refractivity contribution is 5.82. The van der Waals surface area contributed by atoms with Gasteiger partial charge in [0.15, 0.2) is 6.10 Å². The molecule has 1 N–H and O–H groups in total. The van der Waals surface area contributed by atoms with Crippen molar-refractivity contribution in [2.24, 2.45) is 0 Å². The lowest BCUT2D eigenvalue weighted by Crippen LogP contribution is -2.39. The molecule has 0 amide bonds. The summed E-state index contributed by atoms with van der Waals surface area (Å²) in [6.45, 7) is 1.23. The minimum absolute atomic E-state index is 0.0269. The molecule has 0 aliphatic heterocycles. The van der Waals surface area contributed by atoms with Gasteiger partial charge >= 0.3 is 6.18 Å². The van der Waals surface area contributed by atoms with Crippen LogP contribution in [0, 0.1) is 0 Å². The van der Waals surface area contributed by atoms with Crippen LogP contribution < -0.4 is 0 Å². The van der Waals surface area contributed by atoms with E-state index >= 15 is 0 Å². The molecule has 2 aromatic carbocycles. The minimum Gasteiger partial charge on any atom is -0.381 e. The topological polar surface area (TPSA) is 29.5 Å². The average Bonchev–Trinajstić information content (AvgIpc) is 2.42. The molecule has 2 rings (SSSR count). The van der Waals surface area contributed by atoms with Crippen LogP contribution in [0.1, 0.15) is 12.5 Å². The Morgan fingerprint density at radius 3 is 2.40 bits per heavy atom.